The van der Waals surface area contributed by atoms with Gasteiger partial charge in [-0.25, -0.2) is 14.1 Å². The fourth-order valence-corrected chi connectivity index (χ4v) is 3.84. The zero-order valence-corrected chi connectivity index (χ0v) is 16.5. The summed E-state index contributed by atoms with van der Waals surface area (Å²) in [5, 5.41) is 4.62. The zero-order valence-electron chi connectivity index (χ0n) is 16.5. The molecule has 1 saturated carbocycles. The minimum absolute atomic E-state index is 0.0119. The van der Waals surface area contributed by atoms with E-state index in [0.717, 1.165) is 31.5 Å². The van der Waals surface area contributed by atoms with Crippen molar-refractivity contribution in [3.63, 3.8) is 0 Å². The number of hydrogen-bond acceptors (Lipinski definition) is 5. The fourth-order valence-electron chi connectivity index (χ4n) is 3.84. The Balaban J connectivity index is 1.73. The summed E-state index contributed by atoms with van der Waals surface area (Å²) in [5.74, 6) is 0.969. The summed E-state index contributed by atoms with van der Waals surface area (Å²) in [6.45, 7) is 2.77. The molecule has 4 rings (SSSR count). The van der Waals surface area contributed by atoms with Gasteiger partial charge in [0, 0.05) is 24.8 Å². The summed E-state index contributed by atoms with van der Waals surface area (Å²) >= 11 is 0. The molecule has 0 amide bonds. The molecule has 1 aliphatic carbocycles. The van der Waals surface area contributed by atoms with Crippen LogP contribution in [0.1, 0.15) is 44.3 Å². The first-order chi connectivity index (χ1) is 14.2. The molecule has 3 aromatic rings. The summed E-state index contributed by atoms with van der Waals surface area (Å²) < 4.78 is 22.2. The van der Waals surface area contributed by atoms with Crippen molar-refractivity contribution in [2.75, 3.05) is 6.61 Å². The minimum atomic E-state index is -0.336. The highest BCUT2D eigenvalue weighted by atomic mass is 19.1. The molecule has 2 heterocycles. The van der Waals surface area contributed by atoms with E-state index in [1.807, 2.05) is 18.2 Å². The number of aromatic nitrogens is 4. The molecule has 152 valence electrons. The molecule has 0 spiro atoms. The molecule has 3 atom stereocenters. The van der Waals surface area contributed by atoms with Crippen molar-refractivity contribution in [1.29, 1.82) is 0 Å². The van der Waals surface area contributed by atoms with Gasteiger partial charge in [-0.15, -0.1) is 5.10 Å². The number of halogens is 1. The third-order valence-corrected chi connectivity index (χ3v) is 5.35. The van der Waals surface area contributed by atoms with E-state index < -0.39 is 0 Å². The fraction of sp³-hybridized carbons (Fsp3) is 0.409. The molecule has 1 fully saturated rings. The van der Waals surface area contributed by atoms with E-state index in [0.29, 0.717) is 23.8 Å². The highest BCUT2D eigenvalue weighted by Gasteiger charge is 2.33. The molecule has 2 N–H and O–H groups in total. The van der Waals surface area contributed by atoms with Crippen molar-refractivity contribution < 1.29 is 9.13 Å². The average molecular weight is 395 g/mol. The molecule has 0 unspecified atom stereocenters. The van der Waals surface area contributed by atoms with Crippen LogP contribution in [-0.4, -0.2) is 38.5 Å². The first-order valence-corrected chi connectivity index (χ1v) is 10.2. The molecule has 0 radical (unpaired) electrons. The van der Waals surface area contributed by atoms with Crippen LogP contribution in [0.2, 0.25) is 0 Å². The van der Waals surface area contributed by atoms with E-state index in [1.165, 1.54) is 6.07 Å². The SMILES string of the molecule is CCCO[C@@H]1C[C@@H](c2nc(-c3ccccn3)nn2-c2ccccc2F)CC[C@H]1N. The maximum absolute atomic E-state index is 14.6. The molecule has 1 aromatic carbocycles. The Hall–Kier alpha value is -2.64. The van der Waals surface area contributed by atoms with Gasteiger partial charge in [0.2, 0.25) is 0 Å². The van der Waals surface area contributed by atoms with E-state index in [9.17, 15) is 4.39 Å². The molecule has 0 aliphatic heterocycles. The minimum Gasteiger partial charge on any atom is -0.377 e. The third kappa shape index (κ3) is 4.21. The lowest BCUT2D eigenvalue weighted by molar-refractivity contribution is 0.00883. The summed E-state index contributed by atoms with van der Waals surface area (Å²) in [4.78, 5) is 9.14. The Labute approximate surface area is 169 Å². The predicted molar refractivity (Wildman–Crippen MR) is 109 cm³/mol. The van der Waals surface area contributed by atoms with E-state index in [4.69, 9.17) is 15.5 Å². The largest absolute Gasteiger partial charge is 0.377 e. The molecule has 6 nitrogen and oxygen atoms in total. The van der Waals surface area contributed by atoms with Gasteiger partial charge in [0.1, 0.15) is 23.0 Å². The lowest BCUT2D eigenvalue weighted by Crippen LogP contribution is -2.42. The Morgan fingerprint density at radius 3 is 2.76 bits per heavy atom. The topological polar surface area (TPSA) is 78.9 Å². The second kappa shape index (κ2) is 8.80. The predicted octanol–water partition coefficient (Wildman–Crippen LogP) is 3.86. The van der Waals surface area contributed by atoms with Gasteiger partial charge in [-0.1, -0.05) is 25.1 Å². The van der Waals surface area contributed by atoms with Crippen LogP contribution in [0.15, 0.2) is 48.7 Å². The van der Waals surface area contributed by atoms with Gasteiger partial charge in [-0.3, -0.25) is 4.98 Å². The average Bonchev–Trinajstić information content (AvgIpc) is 3.19. The molecule has 0 bridgehead atoms. The number of rotatable bonds is 6. The van der Waals surface area contributed by atoms with E-state index >= 15 is 0 Å². The van der Waals surface area contributed by atoms with Crippen LogP contribution < -0.4 is 5.73 Å². The Morgan fingerprint density at radius 2 is 2.00 bits per heavy atom. The first kappa shape index (κ1) is 19.7. The van der Waals surface area contributed by atoms with Crippen LogP contribution in [0.3, 0.4) is 0 Å². The van der Waals surface area contributed by atoms with Crippen LogP contribution in [0.5, 0.6) is 0 Å². The van der Waals surface area contributed by atoms with Crippen molar-refractivity contribution in [2.45, 2.75) is 50.7 Å². The number of nitrogens with two attached hydrogens (primary N) is 1. The smallest absolute Gasteiger partial charge is 0.200 e. The number of nitrogens with zero attached hydrogens (tertiary/aromatic N) is 4. The Kier molecular flexibility index (Phi) is 5.97. The summed E-state index contributed by atoms with van der Waals surface area (Å²) in [6.07, 6.45) is 5.06. The lowest BCUT2D eigenvalue weighted by atomic mass is 9.83. The Morgan fingerprint density at radius 1 is 1.17 bits per heavy atom. The lowest BCUT2D eigenvalue weighted by Gasteiger charge is -2.33. The number of hydrogen-bond donors (Lipinski definition) is 1. The monoisotopic (exact) mass is 395 g/mol. The van der Waals surface area contributed by atoms with E-state index in [2.05, 4.69) is 17.0 Å². The van der Waals surface area contributed by atoms with Crippen LogP contribution in [0.25, 0.3) is 17.2 Å². The van der Waals surface area contributed by atoms with Gasteiger partial charge in [0.15, 0.2) is 5.82 Å². The van der Waals surface area contributed by atoms with Crippen LogP contribution >= 0.6 is 0 Å². The van der Waals surface area contributed by atoms with Crippen LogP contribution in [0, 0.1) is 5.82 Å². The molecule has 0 saturated heterocycles. The highest BCUT2D eigenvalue weighted by Crippen LogP contribution is 2.35. The Bertz CT molecular complexity index is 945. The molecular formula is C22H26FN5O. The van der Waals surface area contributed by atoms with Crippen LogP contribution in [-0.2, 0) is 4.74 Å². The van der Waals surface area contributed by atoms with Crippen molar-refractivity contribution in [3.8, 4) is 17.2 Å². The van der Waals surface area contributed by atoms with Gasteiger partial charge >= 0.3 is 0 Å². The second-order valence-electron chi connectivity index (χ2n) is 7.45. The maximum atomic E-state index is 14.6. The first-order valence-electron chi connectivity index (χ1n) is 10.2. The van der Waals surface area contributed by atoms with Crippen molar-refractivity contribution in [2.24, 2.45) is 5.73 Å². The highest BCUT2D eigenvalue weighted by molar-refractivity contribution is 5.49. The van der Waals surface area contributed by atoms with Crippen LogP contribution in [0.4, 0.5) is 4.39 Å². The number of ether oxygens (including phenoxy) is 1. The maximum Gasteiger partial charge on any atom is 0.200 e. The molecule has 29 heavy (non-hydrogen) atoms. The standard InChI is InChI=1S/C22H26FN5O/c1-2-13-29-20-14-15(10-11-17(20)24)22-26-21(18-8-5-6-12-25-18)27-28(22)19-9-4-3-7-16(19)23/h3-9,12,15,17,20H,2,10-11,13-14,24H2,1H3/t15-,17+,20+/m0/s1. The molecule has 2 aromatic heterocycles. The van der Waals surface area contributed by atoms with Gasteiger partial charge in [0.05, 0.1) is 6.10 Å². The number of pyridine rings is 1. The summed E-state index contributed by atoms with van der Waals surface area (Å²) in [7, 11) is 0. The van der Waals surface area contributed by atoms with Crippen molar-refractivity contribution >= 4 is 0 Å². The van der Waals surface area contributed by atoms with E-state index in [1.54, 1.807) is 29.1 Å². The summed E-state index contributed by atoms with van der Waals surface area (Å²) in [5.41, 5.74) is 7.34. The third-order valence-electron chi connectivity index (χ3n) is 5.35. The number of benzene rings is 1. The van der Waals surface area contributed by atoms with Gasteiger partial charge in [-0.2, -0.15) is 0 Å². The molecule has 1 aliphatic rings. The van der Waals surface area contributed by atoms with Gasteiger partial charge < -0.3 is 10.5 Å². The normalized spacial score (nSPS) is 22.0. The molecular weight excluding hydrogens is 369 g/mol. The van der Waals surface area contributed by atoms with Gasteiger partial charge in [0.25, 0.3) is 0 Å². The van der Waals surface area contributed by atoms with Gasteiger partial charge in [-0.05, 0) is 49.9 Å². The summed E-state index contributed by atoms with van der Waals surface area (Å²) in [6, 6.07) is 12.2. The zero-order chi connectivity index (χ0) is 20.2. The second-order valence-corrected chi connectivity index (χ2v) is 7.45. The molecule has 7 heteroatoms. The number of para-hydroxylation sites is 1. The van der Waals surface area contributed by atoms with Crippen molar-refractivity contribution in [1.82, 2.24) is 19.7 Å². The van der Waals surface area contributed by atoms with Crippen molar-refractivity contribution in [3.05, 3.63) is 60.3 Å². The quantitative estimate of drug-likeness (QED) is 0.686. The van der Waals surface area contributed by atoms with E-state index in [-0.39, 0.29) is 23.9 Å².